The van der Waals surface area contributed by atoms with Crippen molar-refractivity contribution in [2.45, 2.75) is 52.0 Å². The quantitative estimate of drug-likeness (QED) is 0.810. The van der Waals surface area contributed by atoms with Crippen LogP contribution in [0, 0.1) is 0 Å². The first-order valence-corrected chi connectivity index (χ1v) is 8.59. The summed E-state index contributed by atoms with van der Waals surface area (Å²) >= 11 is 0. The molecule has 2 amide bonds. The first-order valence-electron chi connectivity index (χ1n) is 8.59. The SMILES string of the molecule is COc1ccc(C=O)cc1NC(=O)[C@@H]1COC(C)(C)N1C(=O)OC(C)(C)C. The zero-order valence-corrected chi connectivity index (χ0v) is 16.5. The molecule has 0 saturated carbocycles. The van der Waals surface area contributed by atoms with Crippen LogP contribution < -0.4 is 10.1 Å². The van der Waals surface area contributed by atoms with Gasteiger partial charge in [-0.1, -0.05) is 0 Å². The van der Waals surface area contributed by atoms with Gasteiger partial charge in [0.05, 0.1) is 19.4 Å². The van der Waals surface area contributed by atoms with Crippen LogP contribution in [-0.4, -0.2) is 54.3 Å². The van der Waals surface area contributed by atoms with Gasteiger partial charge in [-0.15, -0.1) is 0 Å². The molecule has 1 aromatic rings. The minimum atomic E-state index is -1.00. The van der Waals surface area contributed by atoms with E-state index in [1.165, 1.54) is 18.1 Å². The van der Waals surface area contributed by atoms with E-state index in [0.29, 0.717) is 23.3 Å². The van der Waals surface area contributed by atoms with Gasteiger partial charge in [-0.3, -0.25) is 14.5 Å². The molecule has 27 heavy (non-hydrogen) atoms. The summed E-state index contributed by atoms with van der Waals surface area (Å²) in [5.41, 5.74) is -0.990. The van der Waals surface area contributed by atoms with Crippen LogP contribution in [0.1, 0.15) is 45.0 Å². The van der Waals surface area contributed by atoms with Crippen molar-refractivity contribution in [2.75, 3.05) is 19.0 Å². The van der Waals surface area contributed by atoms with Gasteiger partial charge in [0.1, 0.15) is 29.4 Å². The second-order valence-corrected chi connectivity index (χ2v) is 7.69. The average molecular weight is 378 g/mol. The zero-order valence-electron chi connectivity index (χ0n) is 16.5. The summed E-state index contributed by atoms with van der Waals surface area (Å²) in [6.45, 7) is 8.66. The molecule has 0 aliphatic carbocycles. The lowest BCUT2D eigenvalue weighted by Crippen LogP contribution is -2.53. The molecule has 1 N–H and O–H groups in total. The van der Waals surface area contributed by atoms with Crippen LogP contribution in [0.3, 0.4) is 0 Å². The zero-order chi connectivity index (χ0) is 20.4. The van der Waals surface area contributed by atoms with E-state index in [1.807, 2.05) is 0 Å². The third-order valence-electron chi connectivity index (χ3n) is 4.00. The number of hydrogen-bond donors (Lipinski definition) is 1. The third-order valence-corrected chi connectivity index (χ3v) is 4.00. The molecule has 1 aliphatic heterocycles. The van der Waals surface area contributed by atoms with E-state index in [0.717, 1.165) is 0 Å². The van der Waals surface area contributed by atoms with E-state index in [2.05, 4.69) is 5.32 Å². The Morgan fingerprint density at radius 2 is 2.00 bits per heavy atom. The number of carbonyl (C=O) groups is 3. The monoisotopic (exact) mass is 378 g/mol. The largest absolute Gasteiger partial charge is 0.495 e. The fourth-order valence-corrected chi connectivity index (χ4v) is 2.77. The summed E-state index contributed by atoms with van der Waals surface area (Å²) in [6, 6.07) is 3.78. The minimum Gasteiger partial charge on any atom is -0.495 e. The van der Waals surface area contributed by atoms with Crippen LogP contribution in [0.2, 0.25) is 0 Å². The number of amides is 2. The van der Waals surface area contributed by atoms with Crippen molar-refractivity contribution in [1.29, 1.82) is 0 Å². The molecule has 8 heteroatoms. The van der Waals surface area contributed by atoms with Crippen molar-refractivity contribution in [3.63, 3.8) is 0 Å². The Hall–Kier alpha value is -2.61. The summed E-state index contributed by atoms with van der Waals surface area (Å²) in [7, 11) is 1.46. The normalized spacial score (nSPS) is 18.7. The van der Waals surface area contributed by atoms with Gasteiger partial charge in [-0.05, 0) is 52.8 Å². The van der Waals surface area contributed by atoms with Gasteiger partial charge >= 0.3 is 6.09 Å². The average Bonchev–Trinajstić information content (AvgIpc) is 2.88. The van der Waals surface area contributed by atoms with Crippen molar-refractivity contribution < 1.29 is 28.6 Å². The van der Waals surface area contributed by atoms with Gasteiger partial charge in [-0.25, -0.2) is 4.79 Å². The Morgan fingerprint density at radius 3 is 2.56 bits per heavy atom. The maximum Gasteiger partial charge on any atom is 0.413 e. The van der Waals surface area contributed by atoms with Gasteiger partial charge in [0.2, 0.25) is 5.91 Å². The van der Waals surface area contributed by atoms with Gasteiger partial charge < -0.3 is 19.5 Å². The molecule has 1 saturated heterocycles. The van der Waals surface area contributed by atoms with Crippen molar-refractivity contribution in [1.82, 2.24) is 4.90 Å². The molecule has 0 spiro atoms. The van der Waals surface area contributed by atoms with Gasteiger partial charge in [0.15, 0.2) is 0 Å². The second kappa shape index (κ2) is 7.56. The Morgan fingerprint density at radius 1 is 1.33 bits per heavy atom. The number of aldehydes is 1. The van der Waals surface area contributed by atoms with Crippen LogP contribution in [0.4, 0.5) is 10.5 Å². The highest BCUT2D eigenvalue weighted by atomic mass is 16.6. The Kier molecular flexibility index (Phi) is 5.79. The van der Waals surface area contributed by atoms with E-state index in [4.69, 9.17) is 14.2 Å². The number of hydrogen-bond acceptors (Lipinski definition) is 6. The number of ether oxygens (including phenoxy) is 3. The van der Waals surface area contributed by atoms with Crippen LogP contribution in [0.5, 0.6) is 5.75 Å². The fraction of sp³-hybridized carbons (Fsp3) is 0.526. The number of benzene rings is 1. The maximum atomic E-state index is 12.9. The van der Waals surface area contributed by atoms with Crippen molar-refractivity contribution in [3.05, 3.63) is 23.8 Å². The van der Waals surface area contributed by atoms with Crippen molar-refractivity contribution in [2.24, 2.45) is 0 Å². The lowest BCUT2D eigenvalue weighted by molar-refractivity contribution is -0.121. The molecule has 148 valence electrons. The first-order chi connectivity index (χ1) is 12.5. The number of anilines is 1. The lowest BCUT2D eigenvalue weighted by atomic mass is 10.1. The first kappa shape index (κ1) is 20.7. The summed E-state index contributed by atoms with van der Waals surface area (Å²) < 4.78 is 16.3. The van der Waals surface area contributed by atoms with Crippen LogP contribution in [0.15, 0.2) is 18.2 Å². The third kappa shape index (κ3) is 4.77. The molecular formula is C19H26N2O6. The summed E-state index contributed by atoms with van der Waals surface area (Å²) in [5, 5.41) is 2.71. The standard InChI is InChI=1S/C19H26N2O6/c1-18(2,3)27-17(24)21-14(11-26-19(21,4)5)16(23)20-13-9-12(10-22)7-8-15(13)25-6/h7-10,14H,11H2,1-6H3,(H,20,23)/t14-/m0/s1. The second-order valence-electron chi connectivity index (χ2n) is 7.69. The highest BCUT2D eigenvalue weighted by Crippen LogP contribution is 2.31. The molecule has 1 aliphatic rings. The fourth-order valence-electron chi connectivity index (χ4n) is 2.77. The number of nitrogens with zero attached hydrogens (tertiary/aromatic N) is 1. The summed E-state index contributed by atoms with van der Waals surface area (Å²) in [4.78, 5) is 37.8. The number of nitrogens with one attached hydrogen (secondary N) is 1. The Balaban J connectivity index is 2.26. The Labute approximate surface area is 158 Å². The lowest BCUT2D eigenvalue weighted by Gasteiger charge is -2.34. The van der Waals surface area contributed by atoms with Crippen molar-refractivity contribution in [3.8, 4) is 5.75 Å². The molecule has 1 aromatic carbocycles. The summed E-state index contributed by atoms with van der Waals surface area (Å²) in [6.07, 6.45) is 0.0305. The molecule has 1 atom stereocenters. The molecule has 1 fully saturated rings. The molecule has 0 aromatic heterocycles. The van der Waals surface area contributed by atoms with Crippen molar-refractivity contribution >= 4 is 24.0 Å². The van der Waals surface area contributed by atoms with Gasteiger partial charge in [0, 0.05) is 5.56 Å². The van der Waals surface area contributed by atoms with Crippen LogP contribution in [0.25, 0.3) is 0 Å². The Bertz CT molecular complexity index is 738. The molecule has 0 bridgehead atoms. The van der Waals surface area contributed by atoms with E-state index >= 15 is 0 Å². The van der Waals surface area contributed by atoms with Gasteiger partial charge in [0.25, 0.3) is 0 Å². The van der Waals surface area contributed by atoms with E-state index in [9.17, 15) is 14.4 Å². The highest BCUT2D eigenvalue weighted by molar-refractivity contribution is 5.99. The summed E-state index contributed by atoms with van der Waals surface area (Å²) in [5.74, 6) is -0.0660. The van der Waals surface area contributed by atoms with E-state index in [1.54, 1.807) is 46.8 Å². The molecule has 1 heterocycles. The minimum absolute atomic E-state index is 0.0216. The molecule has 0 radical (unpaired) electrons. The molecular weight excluding hydrogens is 352 g/mol. The topological polar surface area (TPSA) is 94.2 Å². The number of carbonyl (C=O) groups excluding carboxylic acids is 3. The number of methoxy groups -OCH3 is 1. The molecule has 2 rings (SSSR count). The maximum absolute atomic E-state index is 12.9. The highest BCUT2D eigenvalue weighted by Gasteiger charge is 2.48. The van der Waals surface area contributed by atoms with Crippen LogP contribution in [-0.2, 0) is 14.3 Å². The smallest absolute Gasteiger partial charge is 0.413 e. The molecule has 0 unspecified atom stereocenters. The van der Waals surface area contributed by atoms with Crippen LogP contribution >= 0.6 is 0 Å². The van der Waals surface area contributed by atoms with Gasteiger partial charge in [-0.2, -0.15) is 0 Å². The molecule has 8 nitrogen and oxygen atoms in total. The van der Waals surface area contributed by atoms with E-state index in [-0.39, 0.29) is 6.61 Å². The number of rotatable bonds is 4. The predicted molar refractivity (Wildman–Crippen MR) is 98.9 cm³/mol. The van der Waals surface area contributed by atoms with E-state index < -0.39 is 29.4 Å². The predicted octanol–water partition coefficient (Wildman–Crippen LogP) is 2.82.